The van der Waals surface area contributed by atoms with Gasteiger partial charge in [-0.3, -0.25) is 9.58 Å². The Balaban J connectivity index is 1.92. The monoisotopic (exact) mass is 268 g/mol. The normalized spacial score (nSPS) is 10.4. The molecule has 2 aromatic rings. The van der Waals surface area contributed by atoms with Gasteiger partial charge in [0, 0.05) is 37.5 Å². The first-order valence-corrected chi connectivity index (χ1v) is 6.61. The minimum absolute atomic E-state index is 0.398. The number of hydrogen-bond donors (Lipinski definition) is 1. The predicted molar refractivity (Wildman–Crippen MR) is 80.8 cm³/mol. The van der Waals surface area contributed by atoms with Crippen LogP contribution in [0.3, 0.4) is 0 Å². The highest BCUT2D eigenvalue weighted by Crippen LogP contribution is 2.09. The maximum absolute atomic E-state index is 5.36. The summed E-state index contributed by atoms with van der Waals surface area (Å²) in [6.45, 7) is 2.19. The van der Waals surface area contributed by atoms with Crippen LogP contribution in [0.1, 0.15) is 16.7 Å². The van der Waals surface area contributed by atoms with E-state index < -0.39 is 0 Å². The molecule has 1 heterocycles. The summed E-state index contributed by atoms with van der Waals surface area (Å²) in [5, 5.41) is 4.18. The number of rotatable bonds is 4. The van der Waals surface area contributed by atoms with E-state index in [1.54, 1.807) is 0 Å². The van der Waals surface area contributed by atoms with Gasteiger partial charge in [0.05, 0.1) is 12.7 Å². The highest BCUT2D eigenvalue weighted by molar-refractivity contribution is 5.36. The van der Waals surface area contributed by atoms with Gasteiger partial charge >= 0.3 is 0 Å². The highest BCUT2D eigenvalue weighted by Gasteiger charge is 2.03. The molecule has 0 radical (unpaired) electrons. The molecular formula is C16H20N4. The third kappa shape index (κ3) is 4.23. The number of benzene rings is 1. The molecule has 0 spiro atoms. The van der Waals surface area contributed by atoms with Crippen molar-refractivity contribution in [2.75, 3.05) is 13.6 Å². The number of nitrogens with zero attached hydrogens (tertiary/aromatic N) is 3. The van der Waals surface area contributed by atoms with Crippen molar-refractivity contribution in [3.63, 3.8) is 0 Å². The molecule has 104 valence electrons. The molecule has 0 saturated heterocycles. The van der Waals surface area contributed by atoms with E-state index in [9.17, 15) is 0 Å². The Morgan fingerprint density at radius 1 is 1.20 bits per heavy atom. The quantitative estimate of drug-likeness (QED) is 0.852. The Bertz CT molecular complexity index is 601. The van der Waals surface area contributed by atoms with Crippen LogP contribution in [0.15, 0.2) is 36.7 Å². The molecule has 1 aromatic heterocycles. The molecule has 1 aromatic carbocycles. The van der Waals surface area contributed by atoms with Crippen LogP contribution in [0.25, 0.3) is 0 Å². The minimum Gasteiger partial charge on any atom is -0.320 e. The van der Waals surface area contributed by atoms with Crippen molar-refractivity contribution in [3.8, 4) is 11.8 Å². The second-order valence-corrected chi connectivity index (χ2v) is 4.90. The lowest BCUT2D eigenvalue weighted by atomic mass is 10.1. The molecule has 0 aliphatic heterocycles. The molecule has 0 fully saturated rings. The fourth-order valence-corrected chi connectivity index (χ4v) is 2.08. The Morgan fingerprint density at radius 3 is 2.50 bits per heavy atom. The van der Waals surface area contributed by atoms with E-state index in [-0.39, 0.29) is 0 Å². The van der Waals surface area contributed by atoms with Gasteiger partial charge in [-0.25, -0.2) is 0 Å². The summed E-state index contributed by atoms with van der Waals surface area (Å²) in [5.41, 5.74) is 8.86. The second kappa shape index (κ2) is 6.90. The first kappa shape index (κ1) is 14.3. The lowest BCUT2D eigenvalue weighted by molar-refractivity contribution is 0.319. The Labute approximate surface area is 120 Å². The van der Waals surface area contributed by atoms with Crippen molar-refractivity contribution in [1.29, 1.82) is 0 Å². The summed E-state index contributed by atoms with van der Waals surface area (Å²) in [5.74, 6) is 5.89. The van der Waals surface area contributed by atoms with E-state index >= 15 is 0 Å². The van der Waals surface area contributed by atoms with E-state index in [2.05, 4.69) is 41.0 Å². The lowest BCUT2D eigenvalue weighted by Gasteiger charge is -2.15. The van der Waals surface area contributed by atoms with E-state index in [0.717, 1.165) is 18.7 Å². The number of aromatic nitrogens is 2. The molecule has 0 aliphatic carbocycles. The Morgan fingerprint density at radius 2 is 1.90 bits per heavy atom. The fourth-order valence-electron chi connectivity index (χ4n) is 2.08. The number of aryl methyl sites for hydroxylation is 1. The van der Waals surface area contributed by atoms with Gasteiger partial charge in [-0.2, -0.15) is 5.10 Å². The fraction of sp³-hybridized carbons (Fsp3) is 0.312. The zero-order chi connectivity index (χ0) is 14.4. The summed E-state index contributed by atoms with van der Waals surface area (Å²) in [7, 11) is 4.04. The van der Waals surface area contributed by atoms with Crippen molar-refractivity contribution in [2.24, 2.45) is 12.8 Å². The third-order valence-corrected chi connectivity index (χ3v) is 2.95. The number of nitrogens with two attached hydrogens (primary N) is 1. The van der Waals surface area contributed by atoms with Gasteiger partial charge < -0.3 is 5.73 Å². The number of hydrogen-bond acceptors (Lipinski definition) is 3. The molecule has 2 N–H and O–H groups in total. The highest BCUT2D eigenvalue weighted by atomic mass is 15.2. The SMILES string of the molecule is CN(Cc1ccc(C#CCN)cc1)Cc1cnn(C)c1. The zero-order valence-corrected chi connectivity index (χ0v) is 12.0. The second-order valence-electron chi connectivity index (χ2n) is 4.90. The molecule has 0 unspecified atom stereocenters. The average Bonchev–Trinajstić information content (AvgIpc) is 2.83. The molecule has 0 bridgehead atoms. The van der Waals surface area contributed by atoms with Gasteiger partial charge in [-0.15, -0.1) is 0 Å². The summed E-state index contributed by atoms with van der Waals surface area (Å²) < 4.78 is 1.83. The Hall–Kier alpha value is -2.09. The molecule has 0 atom stereocenters. The topological polar surface area (TPSA) is 47.1 Å². The summed E-state index contributed by atoms with van der Waals surface area (Å²) >= 11 is 0. The maximum atomic E-state index is 5.36. The lowest BCUT2D eigenvalue weighted by Crippen LogP contribution is -2.16. The van der Waals surface area contributed by atoms with Crippen LogP contribution in [0.5, 0.6) is 0 Å². The first-order chi connectivity index (χ1) is 9.67. The van der Waals surface area contributed by atoms with Crippen LogP contribution in [0, 0.1) is 11.8 Å². The average molecular weight is 268 g/mol. The smallest absolute Gasteiger partial charge is 0.0555 e. The molecule has 2 rings (SSSR count). The molecule has 20 heavy (non-hydrogen) atoms. The van der Waals surface area contributed by atoms with Crippen molar-refractivity contribution < 1.29 is 0 Å². The molecule has 0 amide bonds. The molecule has 0 saturated carbocycles. The molecule has 4 nitrogen and oxygen atoms in total. The third-order valence-electron chi connectivity index (χ3n) is 2.95. The van der Waals surface area contributed by atoms with Gasteiger partial charge in [0.1, 0.15) is 0 Å². The van der Waals surface area contributed by atoms with Crippen LogP contribution in [0.4, 0.5) is 0 Å². The van der Waals surface area contributed by atoms with E-state index in [1.165, 1.54) is 11.1 Å². The van der Waals surface area contributed by atoms with Crippen molar-refractivity contribution in [2.45, 2.75) is 13.1 Å². The van der Waals surface area contributed by atoms with Gasteiger partial charge in [0.2, 0.25) is 0 Å². The summed E-state index contributed by atoms with van der Waals surface area (Å²) in [6.07, 6.45) is 3.95. The van der Waals surface area contributed by atoms with E-state index in [0.29, 0.717) is 6.54 Å². The molecular weight excluding hydrogens is 248 g/mol. The van der Waals surface area contributed by atoms with Crippen LogP contribution in [-0.4, -0.2) is 28.3 Å². The van der Waals surface area contributed by atoms with Crippen LogP contribution < -0.4 is 5.73 Å². The molecule has 4 heteroatoms. The summed E-state index contributed by atoms with van der Waals surface area (Å²) in [6, 6.07) is 8.30. The predicted octanol–water partition coefficient (Wildman–Crippen LogP) is 1.36. The first-order valence-electron chi connectivity index (χ1n) is 6.61. The van der Waals surface area contributed by atoms with Crippen LogP contribution in [0.2, 0.25) is 0 Å². The zero-order valence-electron chi connectivity index (χ0n) is 12.0. The largest absolute Gasteiger partial charge is 0.320 e. The standard InChI is InChI=1S/C16H20N4/c1-19(12-16-10-18-20(2)13-16)11-15-7-5-14(6-8-15)4-3-9-17/h5-8,10,13H,9,11-12,17H2,1-2H3. The van der Waals surface area contributed by atoms with Crippen LogP contribution >= 0.6 is 0 Å². The molecule has 0 aliphatic rings. The summed E-state index contributed by atoms with van der Waals surface area (Å²) in [4.78, 5) is 2.26. The van der Waals surface area contributed by atoms with Gasteiger partial charge in [0.25, 0.3) is 0 Å². The Kier molecular flexibility index (Phi) is 4.94. The van der Waals surface area contributed by atoms with Gasteiger partial charge in [0.15, 0.2) is 0 Å². The van der Waals surface area contributed by atoms with E-state index in [1.807, 2.05) is 36.3 Å². The van der Waals surface area contributed by atoms with Crippen LogP contribution in [-0.2, 0) is 20.1 Å². The maximum Gasteiger partial charge on any atom is 0.0555 e. The van der Waals surface area contributed by atoms with Crippen molar-refractivity contribution in [3.05, 3.63) is 53.3 Å². The van der Waals surface area contributed by atoms with Gasteiger partial charge in [-0.1, -0.05) is 24.0 Å². The van der Waals surface area contributed by atoms with Crippen molar-refractivity contribution >= 4 is 0 Å². The minimum atomic E-state index is 0.398. The van der Waals surface area contributed by atoms with Crippen molar-refractivity contribution in [1.82, 2.24) is 14.7 Å². The van der Waals surface area contributed by atoms with Gasteiger partial charge in [-0.05, 0) is 24.7 Å². The van der Waals surface area contributed by atoms with E-state index in [4.69, 9.17) is 5.73 Å².